The summed E-state index contributed by atoms with van der Waals surface area (Å²) in [7, 11) is -4.32. The molecule has 0 unspecified atom stereocenters. The monoisotopic (exact) mass is 513 g/mol. The minimum absolute atomic E-state index is 0.0997. The number of rotatable bonds is 6. The molecule has 184 valence electrons. The van der Waals surface area contributed by atoms with Gasteiger partial charge in [-0.15, -0.1) is 0 Å². The Morgan fingerprint density at radius 3 is 2.11 bits per heavy atom. The smallest absolute Gasteiger partial charge is 0.255 e. The zero-order valence-corrected chi connectivity index (χ0v) is 21.4. The van der Waals surface area contributed by atoms with Crippen molar-refractivity contribution in [1.82, 2.24) is 8.61 Å². The minimum Gasteiger partial charge on any atom is -0.322 e. The summed E-state index contributed by atoms with van der Waals surface area (Å²) >= 11 is 0. The van der Waals surface area contributed by atoms with Gasteiger partial charge < -0.3 is 5.32 Å². The Balaban J connectivity index is 1.50. The van der Waals surface area contributed by atoms with Crippen LogP contribution in [0.25, 0.3) is 0 Å². The highest BCUT2D eigenvalue weighted by atomic mass is 32.2. The molecule has 0 radical (unpaired) electrons. The van der Waals surface area contributed by atoms with Crippen LogP contribution in [0.1, 0.15) is 27.0 Å². The third-order valence-corrected chi connectivity index (χ3v) is 9.68. The van der Waals surface area contributed by atoms with E-state index in [1.54, 1.807) is 36.4 Å². The highest BCUT2D eigenvalue weighted by molar-refractivity contribution is 7.89. The van der Waals surface area contributed by atoms with E-state index < -0.39 is 26.0 Å². The second kappa shape index (κ2) is 9.54. The molecule has 3 aromatic rings. The van der Waals surface area contributed by atoms with Crippen LogP contribution in [-0.2, 0) is 33.0 Å². The zero-order chi connectivity index (χ0) is 25.4. The predicted octanol–water partition coefficient (Wildman–Crippen LogP) is 3.24. The van der Waals surface area contributed by atoms with E-state index in [1.165, 1.54) is 42.7 Å². The van der Waals surface area contributed by atoms with Crippen molar-refractivity contribution in [3.05, 3.63) is 89.0 Å². The number of amides is 1. The first-order chi connectivity index (χ1) is 16.5. The molecular weight excluding hydrogens is 486 g/mol. The average Bonchev–Trinajstić information content (AvgIpc) is 2.83. The number of fused-ring (bicyclic) bond motifs is 1. The predicted molar refractivity (Wildman–Crippen MR) is 134 cm³/mol. The van der Waals surface area contributed by atoms with E-state index in [0.717, 1.165) is 21.0 Å². The number of nitrogens with one attached hydrogen (secondary N) is 1. The van der Waals surface area contributed by atoms with E-state index >= 15 is 0 Å². The SMILES string of the molecule is Cc1ccc(S(=O)(=O)N2CCc3ccc(NC(=O)c4ccc(S(=O)(=O)N(C)C)cc4)cc3C2)cc1. The number of hydrogen-bond acceptors (Lipinski definition) is 5. The van der Waals surface area contributed by atoms with E-state index in [2.05, 4.69) is 5.32 Å². The number of sulfonamides is 2. The number of nitrogens with zero attached hydrogens (tertiary/aromatic N) is 2. The Bertz CT molecular complexity index is 1460. The van der Waals surface area contributed by atoms with Gasteiger partial charge in [-0.05, 0) is 73.0 Å². The summed E-state index contributed by atoms with van der Waals surface area (Å²) in [4.78, 5) is 13.1. The Labute approximate surface area is 206 Å². The van der Waals surface area contributed by atoms with Crippen LogP contribution in [0.2, 0.25) is 0 Å². The molecule has 4 rings (SSSR count). The third-order valence-electron chi connectivity index (χ3n) is 6.00. The van der Waals surface area contributed by atoms with E-state index in [1.807, 2.05) is 13.0 Å². The molecule has 35 heavy (non-hydrogen) atoms. The lowest BCUT2D eigenvalue weighted by Gasteiger charge is -2.28. The maximum atomic E-state index is 13.1. The Hall–Kier alpha value is -3.05. The number of carbonyl (C=O) groups excluding carboxylic acids is 1. The summed E-state index contributed by atoms with van der Waals surface area (Å²) in [5.74, 6) is -0.390. The number of hydrogen-bond donors (Lipinski definition) is 1. The lowest BCUT2D eigenvalue weighted by atomic mass is 10.0. The second-order valence-corrected chi connectivity index (χ2v) is 12.7. The van der Waals surface area contributed by atoms with Crippen LogP contribution < -0.4 is 5.32 Å². The Kier molecular flexibility index (Phi) is 6.83. The summed E-state index contributed by atoms with van der Waals surface area (Å²) in [6, 6.07) is 18.0. The van der Waals surface area contributed by atoms with Crippen molar-refractivity contribution >= 4 is 31.6 Å². The molecule has 10 heteroatoms. The van der Waals surface area contributed by atoms with Gasteiger partial charge in [-0.3, -0.25) is 4.79 Å². The fourth-order valence-electron chi connectivity index (χ4n) is 3.87. The summed E-state index contributed by atoms with van der Waals surface area (Å²) in [5, 5.41) is 2.81. The van der Waals surface area contributed by atoms with E-state index in [0.29, 0.717) is 24.2 Å². The fraction of sp³-hybridized carbons (Fsp3) is 0.240. The topological polar surface area (TPSA) is 104 Å². The molecule has 8 nitrogen and oxygen atoms in total. The summed E-state index contributed by atoms with van der Waals surface area (Å²) < 4.78 is 53.2. The van der Waals surface area contributed by atoms with Crippen LogP contribution in [-0.4, -0.2) is 52.0 Å². The molecule has 1 aliphatic rings. The highest BCUT2D eigenvalue weighted by Crippen LogP contribution is 2.27. The van der Waals surface area contributed by atoms with Gasteiger partial charge in [0.2, 0.25) is 20.0 Å². The maximum Gasteiger partial charge on any atom is 0.255 e. The molecule has 0 bridgehead atoms. The number of benzene rings is 3. The number of anilines is 1. The standard InChI is InChI=1S/C25H27N3O5S2/c1-18-4-10-24(11-5-18)35(32,33)28-15-14-19-6-9-22(16-21(19)17-28)26-25(29)20-7-12-23(13-8-20)34(30,31)27(2)3/h4-13,16H,14-15,17H2,1-3H3,(H,26,29). The largest absolute Gasteiger partial charge is 0.322 e. The first-order valence-corrected chi connectivity index (χ1v) is 13.9. The number of aryl methyl sites for hydroxylation is 1. The zero-order valence-electron chi connectivity index (χ0n) is 19.7. The molecule has 0 saturated heterocycles. The maximum absolute atomic E-state index is 13.1. The highest BCUT2D eigenvalue weighted by Gasteiger charge is 2.28. The summed E-state index contributed by atoms with van der Waals surface area (Å²) in [6.45, 7) is 2.51. The van der Waals surface area contributed by atoms with Crippen molar-refractivity contribution in [2.24, 2.45) is 0 Å². The lowest BCUT2D eigenvalue weighted by molar-refractivity contribution is 0.102. The second-order valence-electron chi connectivity index (χ2n) is 8.65. The summed E-state index contributed by atoms with van der Waals surface area (Å²) in [6.07, 6.45) is 0.580. The quantitative estimate of drug-likeness (QED) is 0.545. The van der Waals surface area contributed by atoms with E-state index in [-0.39, 0.29) is 16.3 Å². The van der Waals surface area contributed by atoms with Crippen LogP contribution in [0.4, 0.5) is 5.69 Å². The Morgan fingerprint density at radius 1 is 0.857 bits per heavy atom. The van der Waals surface area contributed by atoms with Gasteiger partial charge in [0, 0.05) is 38.4 Å². The van der Waals surface area contributed by atoms with Crippen molar-refractivity contribution in [2.75, 3.05) is 26.0 Å². The molecule has 0 saturated carbocycles. The normalized spacial score (nSPS) is 14.5. The van der Waals surface area contributed by atoms with Crippen LogP contribution >= 0.6 is 0 Å². The van der Waals surface area contributed by atoms with Crippen molar-refractivity contribution < 1.29 is 21.6 Å². The van der Waals surface area contributed by atoms with Gasteiger partial charge in [-0.2, -0.15) is 4.31 Å². The molecule has 0 fully saturated rings. The van der Waals surface area contributed by atoms with Crippen LogP contribution in [0.3, 0.4) is 0 Å². The molecule has 3 aromatic carbocycles. The van der Waals surface area contributed by atoms with Crippen molar-refractivity contribution in [3.8, 4) is 0 Å². The van der Waals surface area contributed by atoms with Crippen molar-refractivity contribution in [1.29, 1.82) is 0 Å². The molecule has 0 atom stereocenters. The molecule has 0 aliphatic carbocycles. The molecule has 1 aliphatic heterocycles. The average molecular weight is 514 g/mol. The first kappa shape index (κ1) is 25.1. The molecule has 1 N–H and O–H groups in total. The van der Waals surface area contributed by atoms with Crippen molar-refractivity contribution in [2.45, 2.75) is 29.7 Å². The molecule has 0 aromatic heterocycles. The van der Waals surface area contributed by atoms with E-state index in [9.17, 15) is 21.6 Å². The first-order valence-electron chi connectivity index (χ1n) is 11.0. The molecular formula is C25H27N3O5S2. The van der Waals surface area contributed by atoms with Gasteiger partial charge in [0.25, 0.3) is 5.91 Å². The van der Waals surface area contributed by atoms with Gasteiger partial charge in [0.15, 0.2) is 0 Å². The fourth-order valence-corrected chi connectivity index (χ4v) is 6.19. The van der Waals surface area contributed by atoms with E-state index in [4.69, 9.17) is 0 Å². The minimum atomic E-state index is -3.63. The lowest BCUT2D eigenvalue weighted by Crippen LogP contribution is -2.36. The molecule has 0 spiro atoms. The molecule has 1 heterocycles. The van der Waals surface area contributed by atoms with Gasteiger partial charge in [-0.1, -0.05) is 23.8 Å². The third kappa shape index (κ3) is 5.15. The van der Waals surface area contributed by atoms with Crippen LogP contribution in [0.15, 0.2) is 76.5 Å². The van der Waals surface area contributed by atoms with Crippen LogP contribution in [0.5, 0.6) is 0 Å². The summed E-state index contributed by atoms with van der Waals surface area (Å²) in [5.41, 5.74) is 3.70. The number of carbonyl (C=O) groups is 1. The van der Waals surface area contributed by atoms with Gasteiger partial charge in [0.1, 0.15) is 0 Å². The molecule has 1 amide bonds. The van der Waals surface area contributed by atoms with Gasteiger partial charge in [0.05, 0.1) is 9.79 Å². The Morgan fingerprint density at radius 2 is 1.49 bits per heavy atom. The van der Waals surface area contributed by atoms with Crippen molar-refractivity contribution in [3.63, 3.8) is 0 Å². The van der Waals surface area contributed by atoms with Gasteiger partial charge in [-0.25, -0.2) is 21.1 Å². The van der Waals surface area contributed by atoms with Gasteiger partial charge >= 0.3 is 0 Å². The van der Waals surface area contributed by atoms with Crippen LogP contribution in [0, 0.1) is 6.92 Å².